The highest BCUT2D eigenvalue weighted by molar-refractivity contribution is 6.21. The van der Waals surface area contributed by atoms with Crippen LogP contribution in [0.2, 0.25) is 0 Å². The Bertz CT molecular complexity index is 828. The molecule has 11 heteroatoms. The topological polar surface area (TPSA) is 78.9 Å². The first-order valence-corrected chi connectivity index (χ1v) is 14.0. The number of nitrogens with zero attached hydrogens (tertiary/aromatic N) is 1. The molecule has 5 fully saturated rings. The summed E-state index contributed by atoms with van der Waals surface area (Å²) >= 11 is 5.90. The molecule has 0 aromatic carbocycles. The Hall–Kier alpha value is -1.13. The number of rotatable bonds is 7. The predicted octanol–water partition coefficient (Wildman–Crippen LogP) is 4.51. The van der Waals surface area contributed by atoms with E-state index in [9.17, 15) is 32.3 Å². The number of halogens is 5. The second-order valence-corrected chi connectivity index (χ2v) is 12.5. The van der Waals surface area contributed by atoms with Crippen molar-refractivity contribution in [2.24, 2.45) is 17.3 Å². The summed E-state index contributed by atoms with van der Waals surface area (Å²) in [6.07, 6.45) is -1.98. The molecule has 0 radical (unpaired) electrons. The van der Waals surface area contributed by atoms with Gasteiger partial charge in [0.05, 0.1) is 28.9 Å². The molecule has 0 spiro atoms. The van der Waals surface area contributed by atoms with E-state index in [0.717, 1.165) is 0 Å². The Morgan fingerprint density at radius 1 is 1.08 bits per heavy atom. The summed E-state index contributed by atoms with van der Waals surface area (Å²) in [4.78, 5) is 27.7. The van der Waals surface area contributed by atoms with Crippen LogP contribution in [0.3, 0.4) is 0 Å². The van der Waals surface area contributed by atoms with Crippen LogP contribution in [0.15, 0.2) is 0 Å². The van der Waals surface area contributed by atoms with Crippen molar-refractivity contribution in [3.05, 3.63) is 0 Å². The van der Waals surface area contributed by atoms with Crippen LogP contribution in [-0.4, -0.2) is 77.5 Å². The molecule has 6 nitrogen and oxygen atoms in total. The van der Waals surface area contributed by atoms with Gasteiger partial charge < -0.3 is 20.1 Å². The molecule has 0 aromatic rings. The highest BCUT2D eigenvalue weighted by Gasteiger charge is 2.59. The number of amides is 2. The summed E-state index contributed by atoms with van der Waals surface area (Å²) in [5, 5.41) is 13.6. The largest absolute Gasteiger partial charge is 0.392 e. The average Bonchev–Trinajstić information content (AvgIpc) is 2.84. The quantitative estimate of drug-likeness (QED) is 0.359. The van der Waals surface area contributed by atoms with Gasteiger partial charge in [-0.05, 0) is 76.5 Å². The van der Waals surface area contributed by atoms with Crippen molar-refractivity contribution in [1.29, 1.82) is 0 Å². The summed E-state index contributed by atoms with van der Waals surface area (Å²) < 4.78 is 58.4. The molecule has 5 aliphatic rings. The third-order valence-corrected chi connectivity index (χ3v) is 9.93. The van der Waals surface area contributed by atoms with Gasteiger partial charge in [0.15, 0.2) is 0 Å². The molecular formula is C26H39ClF4N2O4. The Labute approximate surface area is 220 Å². The molecule has 2 N–H and O–H groups in total. The van der Waals surface area contributed by atoms with E-state index in [4.69, 9.17) is 16.3 Å². The van der Waals surface area contributed by atoms with Crippen LogP contribution in [0.1, 0.15) is 77.0 Å². The van der Waals surface area contributed by atoms with Crippen molar-refractivity contribution in [2.75, 3.05) is 20.2 Å². The third-order valence-electron chi connectivity index (χ3n) is 9.44. The zero-order chi connectivity index (χ0) is 27.0. The van der Waals surface area contributed by atoms with Gasteiger partial charge in [0.2, 0.25) is 11.8 Å². The number of carbonyl (C=O) groups is 2. The second-order valence-electron chi connectivity index (χ2n) is 11.9. The van der Waals surface area contributed by atoms with Gasteiger partial charge in [-0.25, -0.2) is 4.39 Å². The van der Waals surface area contributed by atoms with Gasteiger partial charge in [0, 0.05) is 25.6 Å². The van der Waals surface area contributed by atoms with E-state index in [1.165, 1.54) is 0 Å². The van der Waals surface area contributed by atoms with Crippen molar-refractivity contribution in [1.82, 2.24) is 10.2 Å². The van der Waals surface area contributed by atoms with E-state index in [0.29, 0.717) is 57.9 Å². The maximum atomic E-state index is 13.8. The number of ether oxygens (including phenoxy) is 1. The number of alkyl halides is 5. The number of hydrogen-bond donors (Lipinski definition) is 2. The molecule has 5 aliphatic carbocycles. The molecule has 0 heterocycles. The maximum absolute atomic E-state index is 13.8. The van der Waals surface area contributed by atoms with Crippen molar-refractivity contribution in [3.8, 4) is 0 Å². The maximum Gasteiger partial charge on any atom is 0.391 e. The minimum atomic E-state index is -4.16. The fourth-order valence-corrected chi connectivity index (χ4v) is 7.28. The molecule has 0 saturated heterocycles. The van der Waals surface area contributed by atoms with E-state index in [1.807, 2.05) is 0 Å². The van der Waals surface area contributed by atoms with Crippen LogP contribution in [-0.2, 0) is 14.3 Å². The number of nitrogens with one attached hydrogen (secondary N) is 1. The first-order valence-electron chi connectivity index (χ1n) is 13.5. The molecule has 2 bridgehead atoms. The Morgan fingerprint density at radius 2 is 1.73 bits per heavy atom. The predicted molar refractivity (Wildman–Crippen MR) is 130 cm³/mol. The van der Waals surface area contributed by atoms with E-state index in [-0.39, 0.29) is 56.1 Å². The van der Waals surface area contributed by atoms with E-state index in [1.54, 1.807) is 11.9 Å². The standard InChI is InChI=1S/C26H39ClF4N2O4/c1-33(14-16-2-4-17(5-3-16)26(29,30)31)23(36)25-10-8-24(9-11-25,13-21(25)34)32-22(35)15-37-18-6-7-19(27)20(28)12-18/h16-21,34H,2-15H2,1H3,(H,32,35). The van der Waals surface area contributed by atoms with E-state index < -0.39 is 40.7 Å². The molecule has 5 saturated carbocycles. The molecule has 4 atom stereocenters. The highest BCUT2D eigenvalue weighted by Crippen LogP contribution is 2.53. The molecular weight excluding hydrogens is 516 g/mol. The summed E-state index contributed by atoms with van der Waals surface area (Å²) in [5.74, 6) is -1.70. The van der Waals surface area contributed by atoms with Crippen LogP contribution in [0, 0.1) is 17.3 Å². The average molecular weight is 555 g/mol. The zero-order valence-electron chi connectivity index (χ0n) is 21.4. The Morgan fingerprint density at radius 3 is 2.30 bits per heavy atom. The number of hydrogen-bond acceptors (Lipinski definition) is 4. The molecule has 5 rings (SSSR count). The van der Waals surface area contributed by atoms with Gasteiger partial charge in [0.25, 0.3) is 0 Å². The second kappa shape index (κ2) is 11.2. The van der Waals surface area contributed by atoms with Gasteiger partial charge in [0.1, 0.15) is 12.8 Å². The Kier molecular flexibility index (Phi) is 8.71. The normalized spacial score (nSPS) is 40.3. The smallest absolute Gasteiger partial charge is 0.391 e. The first-order chi connectivity index (χ1) is 17.3. The van der Waals surface area contributed by atoms with Crippen LogP contribution < -0.4 is 5.32 Å². The zero-order valence-corrected chi connectivity index (χ0v) is 22.1. The summed E-state index contributed by atoms with van der Waals surface area (Å²) in [6, 6.07) is 0. The summed E-state index contributed by atoms with van der Waals surface area (Å²) in [7, 11) is 1.68. The monoisotopic (exact) mass is 554 g/mol. The van der Waals surface area contributed by atoms with E-state index in [2.05, 4.69) is 5.32 Å². The molecule has 0 aromatic heterocycles. The van der Waals surface area contributed by atoms with Crippen molar-refractivity contribution in [2.45, 2.75) is 113 Å². The van der Waals surface area contributed by atoms with Crippen LogP contribution in [0.4, 0.5) is 17.6 Å². The van der Waals surface area contributed by atoms with Gasteiger partial charge >= 0.3 is 6.18 Å². The third kappa shape index (κ3) is 6.38. The number of aliphatic hydroxyl groups is 1. The number of aliphatic hydroxyl groups excluding tert-OH is 1. The minimum absolute atomic E-state index is 0.0267. The van der Waals surface area contributed by atoms with Crippen molar-refractivity contribution >= 4 is 23.4 Å². The van der Waals surface area contributed by atoms with Crippen LogP contribution in [0.25, 0.3) is 0 Å². The fraction of sp³-hybridized carbons (Fsp3) is 0.923. The lowest BCUT2D eigenvalue weighted by atomic mass is 9.55. The summed E-state index contributed by atoms with van der Waals surface area (Å²) in [6.45, 7) is 0.202. The van der Waals surface area contributed by atoms with Crippen molar-refractivity contribution < 1.29 is 37.0 Å². The fourth-order valence-electron chi connectivity index (χ4n) is 7.05. The lowest BCUT2D eigenvalue weighted by molar-refractivity contribution is -0.185. The lowest BCUT2D eigenvalue weighted by Crippen LogP contribution is -2.66. The van der Waals surface area contributed by atoms with Gasteiger partial charge in [-0.2, -0.15) is 13.2 Å². The van der Waals surface area contributed by atoms with Gasteiger partial charge in [-0.15, -0.1) is 11.6 Å². The number of carbonyl (C=O) groups excluding carboxylic acids is 2. The molecule has 212 valence electrons. The molecule has 37 heavy (non-hydrogen) atoms. The van der Waals surface area contributed by atoms with Gasteiger partial charge in [-0.3, -0.25) is 9.59 Å². The Balaban J connectivity index is 1.25. The van der Waals surface area contributed by atoms with Crippen molar-refractivity contribution in [3.63, 3.8) is 0 Å². The molecule has 2 amide bonds. The molecule has 4 unspecified atom stereocenters. The van der Waals surface area contributed by atoms with Crippen LogP contribution >= 0.6 is 11.6 Å². The first kappa shape index (κ1) is 28.9. The van der Waals surface area contributed by atoms with Crippen LogP contribution in [0.5, 0.6) is 0 Å². The molecule has 0 aliphatic heterocycles. The highest BCUT2D eigenvalue weighted by atomic mass is 35.5. The minimum Gasteiger partial charge on any atom is -0.392 e. The van der Waals surface area contributed by atoms with E-state index >= 15 is 0 Å². The SMILES string of the molecule is CN(CC1CCC(C(F)(F)F)CC1)C(=O)C12CCC(NC(=O)COC3CCC(Cl)C(F)C3)(CC1)CC2O. The number of fused-ring (bicyclic) bond motifs is 3. The lowest BCUT2D eigenvalue weighted by Gasteiger charge is -2.56. The summed E-state index contributed by atoms with van der Waals surface area (Å²) in [5.41, 5.74) is -1.52. The van der Waals surface area contributed by atoms with Gasteiger partial charge in [-0.1, -0.05) is 0 Å².